The molecule has 0 aliphatic heterocycles. The first-order chi connectivity index (χ1) is 6.63. The summed E-state index contributed by atoms with van der Waals surface area (Å²) in [5.74, 6) is 0. The van der Waals surface area contributed by atoms with E-state index in [2.05, 4.69) is 0 Å². The van der Waals surface area contributed by atoms with E-state index in [0.29, 0.717) is 27.8 Å². The summed E-state index contributed by atoms with van der Waals surface area (Å²) in [5, 5.41) is 1.34. The summed E-state index contributed by atoms with van der Waals surface area (Å²) in [4.78, 5) is 10.7. The smallest absolute Gasteiger partial charge is 0.205 e. The zero-order chi connectivity index (χ0) is 10.3. The normalized spacial score (nSPS) is 10.8. The molecule has 0 saturated heterocycles. The Bertz CT molecular complexity index is 514. The molecule has 0 aliphatic rings. The lowest BCUT2D eigenvalue weighted by molar-refractivity contribution is 0.112. The topological polar surface area (TPSA) is 30.2 Å². The molecule has 14 heavy (non-hydrogen) atoms. The van der Waals surface area contributed by atoms with Gasteiger partial charge >= 0.3 is 0 Å². The Hall–Kier alpha value is -0.990. The van der Waals surface area contributed by atoms with Gasteiger partial charge in [0.1, 0.15) is 5.58 Å². The van der Waals surface area contributed by atoms with Crippen LogP contribution in [0.5, 0.6) is 0 Å². The summed E-state index contributed by atoms with van der Waals surface area (Å²) in [6, 6.07) is 3.43. The van der Waals surface area contributed by atoms with Gasteiger partial charge in [-0.25, -0.2) is 0 Å². The number of aldehydes is 1. The van der Waals surface area contributed by atoms with Crippen LogP contribution in [-0.4, -0.2) is 6.29 Å². The minimum Gasteiger partial charge on any atom is -0.444 e. The highest BCUT2D eigenvalue weighted by molar-refractivity contribution is 6.34. The minimum atomic E-state index is 0.111. The third kappa shape index (κ3) is 1.31. The molecule has 0 N–H and O–H groups in total. The Balaban J connectivity index is 2.94. The Labute approximate surface area is 90.4 Å². The number of aryl methyl sites for hydroxylation is 1. The fraction of sp³-hybridized carbons (Fsp3) is 0.100. The summed E-state index contributed by atoms with van der Waals surface area (Å²) in [6.07, 6.45) is 0.671. The summed E-state index contributed by atoms with van der Waals surface area (Å²) in [6.45, 7) is 1.85. The average molecular weight is 229 g/mol. The molecule has 0 spiro atoms. The molecule has 2 aromatic rings. The SMILES string of the molecule is Cc1cc(Cl)cc2c(C=O)c(Cl)oc12. The predicted molar refractivity (Wildman–Crippen MR) is 56.4 cm³/mol. The van der Waals surface area contributed by atoms with E-state index >= 15 is 0 Å². The van der Waals surface area contributed by atoms with E-state index in [9.17, 15) is 4.79 Å². The lowest BCUT2D eigenvalue weighted by Gasteiger charge is -1.95. The van der Waals surface area contributed by atoms with Crippen LogP contribution in [-0.2, 0) is 0 Å². The van der Waals surface area contributed by atoms with Gasteiger partial charge in [-0.15, -0.1) is 0 Å². The van der Waals surface area contributed by atoms with Gasteiger partial charge in [0.15, 0.2) is 6.29 Å². The molecule has 1 aromatic carbocycles. The highest BCUT2D eigenvalue weighted by atomic mass is 35.5. The zero-order valence-electron chi connectivity index (χ0n) is 7.30. The van der Waals surface area contributed by atoms with Crippen LogP contribution < -0.4 is 0 Å². The molecule has 2 nitrogen and oxygen atoms in total. The standard InChI is InChI=1S/C10H6Cl2O2/c1-5-2-6(11)3-7-8(4-13)10(12)14-9(5)7/h2-4H,1H3. The number of benzene rings is 1. The molecule has 72 valence electrons. The number of rotatable bonds is 1. The molecule has 4 heteroatoms. The maximum atomic E-state index is 10.7. The second kappa shape index (κ2) is 3.30. The van der Waals surface area contributed by atoms with E-state index in [4.69, 9.17) is 27.6 Å². The molecule has 0 unspecified atom stereocenters. The lowest BCUT2D eigenvalue weighted by Crippen LogP contribution is -1.78. The molecule has 0 aliphatic carbocycles. The van der Waals surface area contributed by atoms with Crippen LogP contribution in [0.15, 0.2) is 16.5 Å². The predicted octanol–water partition coefficient (Wildman–Crippen LogP) is 3.86. The van der Waals surface area contributed by atoms with E-state index in [-0.39, 0.29) is 5.22 Å². The molecule has 1 heterocycles. The minimum absolute atomic E-state index is 0.111. The van der Waals surface area contributed by atoms with Crippen LogP contribution in [0.2, 0.25) is 10.2 Å². The maximum Gasteiger partial charge on any atom is 0.205 e. The Kier molecular flexibility index (Phi) is 2.25. The quantitative estimate of drug-likeness (QED) is 0.695. The van der Waals surface area contributed by atoms with Gasteiger partial charge < -0.3 is 4.42 Å². The van der Waals surface area contributed by atoms with Crippen molar-refractivity contribution in [3.05, 3.63) is 33.5 Å². The number of halogens is 2. The molecule has 0 atom stereocenters. The molecule has 0 bridgehead atoms. The number of furan rings is 1. The molecular formula is C10H6Cl2O2. The van der Waals surface area contributed by atoms with Gasteiger partial charge in [0.05, 0.1) is 5.56 Å². The summed E-state index contributed by atoms with van der Waals surface area (Å²) >= 11 is 11.6. The van der Waals surface area contributed by atoms with Gasteiger partial charge in [-0.1, -0.05) is 11.6 Å². The second-order valence-electron chi connectivity index (χ2n) is 3.01. The van der Waals surface area contributed by atoms with E-state index in [1.165, 1.54) is 0 Å². The van der Waals surface area contributed by atoms with Crippen molar-refractivity contribution in [3.63, 3.8) is 0 Å². The van der Waals surface area contributed by atoms with Crippen LogP contribution in [0.4, 0.5) is 0 Å². The average Bonchev–Trinajstić information content (AvgIpc) is 2.41. The van der Waals surface area contributed by atoms with Gasteiger partial charge in [-0.2, -0.15) is 0 Å². The van der Waals surface area contributed by atoms with Crippen molar-refractivity contribution in [2.75, 3.05) is 0 Å². The highest BCUT2D eigenvalue weighted by Crippen LogP contribution is 2.32. The van der Waals surface area contributed by atoms with Crippen LogP contribution in [0.3, 0.4) is 0 Å². The van der Waals surface area contributed by atoms with E-state index in [1.54, 1.807) is 12.1 Å². The number of carbonyl (C=O) groups is 1. The maximum absolute atomic E-state index is 10.7. The third-order valence-electron chi connectivity index (χ3n) is 2.05. The van der Waals surface area contributed by atoms with Crippen molar-refractivity contribution in [2.24, 2.45) is 0 Å². The first kappa shape index (κ1) is 9.56. The lowest BCUT2D eigenvalue weighted by atomic mass is 10.1. The number of hydrogen-bond donors (Lipinski definition) is 0. The summed E-state index contributed by atoms with van der Waals surface area (Å²) < 4.78 is 5.25. The third-order valence-corrected chi connectivity index (χ3v) is 2.55. The Morgan fingerprint density at radius 1 is 1.36 bits per heavy atom. The monoisotopic (exact) mass is 228 g/mol. The van der Waals surface area contributed by atoms with Gasteiger partial charge in [-0.05, 0) is 36.2 Å². The summed E-state index contributed by atoms with van der Waals surface area (Å²) in [5.41, 5.74) is 1.83. The molecule has 0 saturated carbocycles. The van der Waals surface area contributed by atoms with Crippen LogP contribution in [0, 0.1) is 6.92 Å². The van der Waals surface area contributed by atoms with Crippen molar-refractivity contribution in [1.29, 1.82) is 0 Å². The summed E-state index contributed by atoms with van der Waals surface area (Å²) in [7, 11) is 0. The zero-order valence-corrected chi connectivity index (χ0v) is 8.82. The Morgan fingerprint density at radius 3 is 2.71 bits per heavy atom. The highest BCUT2D eigenvalue weighted by Gasteiger charge is 2.13. The Morgan fingerprint density at radius 2 is 2.07 bits per heavy atom. The van der Waals surface area contributed by atoms with E-state index in [0.717, 1.165) is 5.56 Å². The first-order valence-electron chi connectivity index (χ1n) is 3.97. The molecule has 0 amide bonds. The fourth-order valence-electron chi connectivity index (χ4n) is 1.43. The van der Waals surface area contributed by atoms with Crippen molar-refractivity contribution in [1.82, 2.24) is 0 Å². The van der Waals surface area contributed by atoms with Crippen LogP contribution in [0.1, 0.15) is 15.9 Å². The van der Waals surface area contributed by atoms with Crippen molar-refractivity contribution < 1.29 is 9.21 Å². The van der Waals surface area contributed by atoms with Crippen LogP contribution >= 0.6 is 23.2 Å². The number of carbonyl (C=O) groups excluding carboxylic acids is 1. The fourth-order valence-corrected chi connectivity index (χ4v) is 1.92. The first-order valence-corrected chi connectivity index (χ1v) is 4.72. The second-order valence-corrected chi connectivity index (χ2v) is 3.79. The van der Waals surface area contributed by atoms with Gasteiger partial charge in [0.2, 0.25) is 5.22 Å². The molecular weight excluding hydrogens is 223 g/mol. The van der Waals surface area contributed by atoms with Crippen molar-refractivity contribution in [2.45, 2.75) is 6.92 Å². The van der Waals surface area contributed by atoms with Gasteiger partial charge in [0.25, 0.3) is 0 Å². The van der Waals surface area contributed by atoms with E-state index < -0.39 is 0 Å². The largest absolute Gasteiger partial charge is 0.444 e. The van der Waals surface area contributed by atoms with E-state index in [1.807, 2.05) is 6.92 Å². The molecule has 1 aromatic heterocycles. The van der Waals surface area contributed by atoms with Gasteiger partial charge in [-0.3, -0.25) is 4.79 Å². The van der Waals surface area contributed by atoms with Gasteiger partial charge in [0, 0.05) is 10.4 Å². The number of hydrogen-bond acceptors (Lipinski definition) is 2. The number of fused-ring (bicyclic) bond motifs is 1. The van der Waals surface area contributed by atoms with Crippen molar-refractivity contribution >= 4 is 40.5 Å². The molecule has 0 fully saturated rings. The molecule has 2 rings (SSSR count). The molecule has 0 radical (unpaired) electrons. The van der Waals surface area contributed by atoms with Crippen LogP contribution in [0.25, 0.3) is 11.0 Å². The van der Waals surface area contributed by atoms with Crippen molar-refractivity contribution in [3.8, 4) is 0 Å².